The van der Waals surface area contributed by atoms with Crippen LogP contribution in [0.1, 0.15) is 58.4 Å². The van der Waals surface area contributed by atoms with Crippen LogP contribution >= 0.6 is 0 Å². The maximum absolute atomic E-state index is 14.2. The van der Waals surface area contributed by atoms with Gasteiger partial charge in [0.05, 0.1) is 23.8 Å². The van der Waals surface area contributed by atoms with Gasteiger partial charge in [-0.15, -0.1) is 0 Å². The molecule has 32 heavy (non-hydrogen) atoms. The Kier molecular flexibility index (Phi) is 7.09. The smallest absolute Gasteiger partial charge is 0.230 e. The Morgan fingerprint density at radius 3 is 2.56 bits per heavy atom. The average Bonchev–Trinajstić information content (AvgIpc) is 3.37. The molecular formula is C23H31FN2O5S. The molecule has 1 aromatic carbocycles. The lowest BCUT2D eigenvalue weighted by Gasteiger charge is -2.21. The van der Waals surface area contributed by atoms with Crippen LogP contribution in [-0.4, -0.2) is 32.6 Å². The van der Waals surface area contributed by atoms with Crippen molar-refractivity contribution in [3.05, 3.63) is 41.7 Å². The van der Waals surface area contributed by atoms with Gasteiger partial charge in [-0.05, 0) is 48.8 Å². The van der Waals surface area contributed by atoms with Crippen molar-refractivity contribution in [1.82, 2.24) is 10.0 Å². The van der Waals surface area contributed by atoms with E-state index in [0.29, 0.717) is 31.4 Å². The van der Waals surface area contributed by atoms with Crippen molar-refractivity contribution in [3.8, 4) is 5.75 Å². The monoisotopic (exact) mass is 466 g/mol. The number of allylic oxidation sites excluding steroid dienone is 2. The van der Waals surface area contributed by atoms with Gasteiger partial charge in [-0.1, -0.05) is 39.0 Å². The third kappa shape index (κ3) is 6.62. The molecule has 1 aliphatic heterocycles. The zero-order valence-electron chi connectivity index (χ0n) is 18.7. The number of carbonyl (C=O) groups is 2. The molecule has 0 aromatic heterocycles. The summed E-state index contributed by atoms with van der Waals surface area (Å²) in [5.41, 5.74) is -0.163. The highest BCUT2D eigenvalue weighted by atomic mass is 32.2. The molecule has 2 aliphatic rings. The summed E-state index contributed by atoms with van der Waals surface area (Å²) >= 11 is 0. The minimum absolute atomic E-state index is 0.102. The molecule has 1 saturated carbocycles. The van der Waals surface area contributed by atoms with E-state index in [1.807, 2.05) is 20.8 Å². The summed E-state index contributed by atoms with van der Waals surface area (Å²) in [5.74, 6) is -1.39. The molecule has 0 bridgehead atoms. The first-order valence-corrected chi connectivity index (χ1v) is 12.5. The summed E-state index contributed by atoms with van der Waals surface area (Å²) in [6, 6.07) is 4.50. The van der Waals surface area contributed by atoms with Crippen molar-refractivity contribution in [3.63, 3.8) is 0 Å². The zero-order chi connectivity index (χ0) is 23.6. The van der Waals surface area contributed by atoms with E-state index in [1.165, 1.54) is 6.07 Å². The predicted molar refractivity (Wildman–Crippen MR) is 119 cm³/mol. The third-order valence-electron chi connectivity index (χ3n) is 5.45. The maximum atomic E-state index is 14.2. The molecular weight excluding hydrogens is 435 g/mol. The van der Waals surface area contributed by atoms with E-state index >= 15 is 0 Å². The number of benzene rings is 1. The summed E-state index contributed by atoms with van der Waals surface area (Å²) in [4.78, 5) is 22.7. The molecule has 3 rings (SSSR count). The fourth-order valence-corrected chi connectivity index (χ4v) is 4.99. The van der Waals surface area contributed by atoms with Crippen molar-refractivity contribution >= 4 is 21.8 Å². The molecule has 176 valence electrons. The van der Waals surface area contributed by atoms with Gasteiger partial charge >= 0.3 is 0 Å². The Morgan fingerprint density at radius 2 is 1.97 bits per heavy atom. The van der Waals surface area contributed by atoms with Crippen LogP contribution in [0.2, 0.25) is 0 Å². The lowest BCUT2D eigenvalue weighted by Crippen LogP contribution is -2.36. The molecule has 0 spiro atoms. The highest BCUT2D eigenvalue weighted by Crippen LogP contribution is 2.47. The normalized spacial score (nSPS) is 20.6. The van der Waals surface area contributed by atoms with Gasteiger partial charge in [0, 0.05) is 6.42 Å². The van der Waals surface area contributed by atoms with E-state index < -0.39 is 21.4 Å². The Balaban J connectivity index is 1.56. The van der Waals surface area contributed by atoms with Crippen LogP contribution in [0, 0.1) is 17.2 Å². The molecule has 1 unspecified atom stereocenters. The Bertz CT molecular complexity index is 1010. The summed E-state index contributed by atoms with van der Waals surface area (Å²) in [6.07, 6.45) is 5.59. The van der Waals surface area contributed by atoms with Crippen molar-refractivity contribution in [1.29, 1.82) is 0 Å². The number of carbonyl (C=O) groups excluding carboxylic acids is 2. The van der Waals surface area contributed by atoms with Gasteiger partial charge in [0.1, 0.15) is 0 Å². The van der Waals surface area contributed by atoms with Crippen LogP contribution < -0.4 is 14.8 Å². The molecule has 2 amide bonds. The fraction of sp³-hybridized carbons (Fsp3) is 0.565. The molecule has 9 heteroatoms. The number of halogens is 1. The lowest BCUT2D eigenvalue weighted by atomic mass is 9.98. The predicted octanol–water partition coefficient (Wildman–Crippen LogP) is 3.16. The number of ether oxygens (including phenoxy) is 1. The van der Waals surface area contributed by atoms with Crippen LogP contribution in [0.5, 0.6) is 5.75 Å². The highest BCUT2D eigenvalue weighted by Gasteiger charge is 2.47. The summed E-state index contributed by atoms with van der Waals surface area (Å²) < 4.78 is 47.8. The van der Waals surface area contributed by atoms with Gasteiger partial charge in [-0.3, -0.25) is 14.9 Å². The first kappa shape index (κ1) is 24.4. The molecule has 2 N–H and O–H groups in total. The number of nitrogens with one attached hydrogen (secondary N) is 2. The number of hydrogen-bond acceptors (Lipinski definition) is 5. The van der Waals surface area contributed by atoms with E-state index in [-0.39, 0.29) is 47.5 Å². The SMILES string of the molecule is CC(C)(C)COc1cc(C2(NS(=O)(=O)CC/C=C/CC3CC(=O)NC3=O)CC2)ccc1F. The maximum Gasteiger partial charge on any atom is 0.230 e. The van der Waals surface area contributed by atoms with Gasteiger partial charge in [-0.2, -0.15) is 0 Å². The fourth-order valence-electron chi connectivity index (χ4n) is 3.53. The Labute approximate surface area is 188 Å². The van der Waals surface area contributed by atoms with Crippen molar-refractivity contribution in [2.24, 2.45) is 11.3 Å². The van der Waals surface area contributed by atoms with E-state index in [9.17, 15) is 22.4 Å². The average molecular weight is 467 g/mol. The summed E-state index contributed by atoms with van der Waals surface area (Å²) in [6.45, 7) is 6.31. The topological polar surface area (TPSA) is 102 Å². The van der Waals surface area contributed by atoms with Crippen LogP contribution in [0.3, 0.4) is 0 Å². The summed E-state index contributed by atoms with van der Waals surface area (Å²) in [5, 5.41) is 2.25. The molecule has 1 aromatic rings. The van der Waals surface area contributed by atoms with Gasteiger partial charge < -0.3 is 4.74 Å². The minimum Gasteiger partial charge on any atom is -0.490 e. The molecule has 7 nitrogen and oxygen atoms in total. The zero-order valence-corrected chi connectivity index (χ0v) is 19.6. The van der Waals surface area contributed by atoms with Gasteiger partial charge in [0.15, 0.2) is 11.6 Å². The van der Waals surface area contributed by atoms with E-state index in [0.717, 1.165) is 0 Å². The second-order valence-corrected chi connectivity index (χ2v) is 11.6. The lowest BCUT2D eigenvalue weighted by molar-refractivity contribution is -0.125. The second kappa shape index (κ2) is 9.31. The largest absolute Gasteiger partial charge is 0.490 e. The molecule has 1 atom stereocenters. The van der Waals surface area contributed by atoms with Gasteiger partial charge in [0.2, 0.25) is 21.8 Å². The second-order valence-electron chi connectivity index (χ2n) is 9.81. The number of imide groups is 1. The number of hydrogen-bond donors (Lipinski definition) is 2. The van der Waals surface area contributed by atoms with Crippen LogP contribution in [0.25, 0.3) is 0 Å². The minimum atomic E-state index is -3.57. The van der Waals surface area contributed by atoms with E-state index in [1.54, 1.807) is 24.3 Å². The summed E-state index contributed by atoms with van der Waals surface area (Å²) in [7, 11) is -3.57. The molecule has 2 fully saturated rings. The molecule has 1 aliphatic carbocycles. The molecule has 1 saturated heterocycles. The number of sulfonamides is 1. The van der Waals surface area contributed by atoms with Crippen molar-refractivity contribution in [2.45, 2.75) is 58.4 Å². The highest BCUT2D eigenvalue weighted by molar-refractivity contribution is 7.89. The van der Waals surface area contributed by atoms with E-state index in [2.05, 4.69) is 10.0 Å². The van der Waals surface area contributed by atoms with Crippen molar-refractivity contribution in [2.75, 3.05) is 12.4 Å². The van der Waals surface area contributed by atoms with Crippen LogP contribution in [0.4, 0.5) is 4.39 Å². The standard InChI is InChI=1S/C23H31FN2O5S/c1-22(2,3)15-31-19-14-17(8-9-18(19)24)23(10-11-23)26-32(29,30)12-6-4-5-7-16-13-20(27)25-21(16)28/h4-5,8-9,14,16,26H,6-7,10-13,15H2,1-3H3,(H,25,27,28)/b5-4+. The van der Waals surface area contributed by atoms with Gasteiger partial charge in [-0.25, -0.2) is 17.5 Å². The number of rotatable bonds is 10. The number of amides is 2. The Morgan fingerprint density at radius 1 is 1.25 bits per heavy atom. The van der Waals surface area contributed by atoms with E-state index in [4.69, 9.17) is 4.74 Å². The molecule has 1 heterocycles. The first-order valence-electron chi connectivity index (χ1n) is 10.8. The van der Waals surface area contributed by atoms with Crippen molar-refractivity contribution < 1.29 is 27.1 Å². The van der Waals surface area contributed by atoms with Crippen LogP contribution in [-0.2, 0) is 25.2 Å². The quantitative estimate of drug-likeness (QED) is 0.407. The van der Waals surface area contributed by atoms with Crippen LogP contribution in [0.15, 0.2) is 30.4 Å². The first-order chi connectivity index (χ1) is 14.9. The Hall–Kier alpha value is -2.26. The molecule has 0 radical (unpaired) electrons. The third-order valence-corrected chi connectivity index (χ3v) is 6.93. The van der Waals surface area contributed by atoms with Gasteiger partial charge in [0.25, 0.3) is 0 Å².